The minimum absolute atomic E-state index is 0.776. The second kappa shape index (κ2) is 9.15. The van der Waals surface area contributed by atoms with Gasteiger partial charge in [0.05, 0.1) is 0 Å². The van der Waals surface area contributed by atoms with E-state index in [9.17, 15) is 0 Å². The van der Waals surface area contributed by atoms with E-state index in [1.807, 2.05) is 0 Å². The Hall–Kier alpha value is -0.0800. The van der Waals surface area contributed by atoms with Crippen molar-refractivity contribution >= 4 is 0 Å². The van der Waals surface area contributed by atoms with Crippen LogP contribution >= 0.6 is 0 Å². The van der Waals surface area contributed by atoms with E-state index < -0.39 is 0 Å². The molecule has 2 heteroatoms. The van der Waals surface area contributed by atoms with Gasteiger partial charge in [0.2, 0.25) is 0 Å². The van der Waals surface area contributed by atoms with Gasteiger partial charge in [-0.15, -0.1) is 0 Å². The van der Waals surface area contributed by atoms with Gasteiger partial charge in [-0.2, -0.15) is 0 Å². The maximum Gasteiger partial charge on any atom is 0.0108 e. The van der Waals surface area contributed by atoms with Crippen molar-refractivity contribution in [1.82, 2.24) is 10.2 Å². The number of nitrogens with zero attached hydrogens (tertiary/aromatic N) is 1. The Morgan fingerprint density at radius 1 is 1.05 bits per heavy atom. The van der Waals surface area contributed by atoms with E-state index in [1.54, 1.807) is 0 Å². The number of nitrogens with one attached hydrogen (secondary N) is 1. The minimum Gasteiger partial charge on any atom is -0.314 e. The second-order valence-corrected chi connectivity index (χ2v) is 7.59. The molecule has 0 radical (unpaired) electrons. The third kappa shape index (κ3) is 5.25. The molecule has 0 aromatic heterocycles. The van der Waals surface area contributed by atoms with Crippen molar-refractivity contribution in [3.05, 3.63) is 0 Å². The molecule has 1 aliphatic heterocycles. The van der Waals surface area contributed by atoms with Crippen molar-refractivity contribution < 1.29 is 0 Å². The van der Waals surface area contributed by atoms with Crippen LogP contribution in [-0.2, 0) is 0 Å². The summed E-state index contributed by atoms with van der Waals surface area (Å²) in [5.74, 6) is 1.88. The Labute approximate surface area is 133 Å². The maximum absolute atomic E-state index is 3.79. The van der Waals surface area contributed by atoms with Crippen LogP contribution in [0.3, 0.4) is 0 Å². The highest BCUT2D eigenvalue weighted by Gasteiger charge is 2.32. The van der Waals surface area contributed by atoms with E-state index in [0.29, 0.717) is 0 Å². The van der Waals surface area contributed by atoms with Crippen molar-refractivity contribution in [3.8, 4) is 0 Å². The normalized spacial score (nSPS) is 35.6. The molecule has 2 nitrogen and oxygen atoms in total. The Morgan fingerprint density at radius 2 is 1.90 bits per heavy atom. The lowest BCUT2D eigenvalue weighted by Gasteiger charge is -2.40. The number of likely N-dealkylation sites (tertiary alicyclic amines) is 1. The summed E-state index contributed by atoms with van der Waals surface area (Å²) < 4.78 is 0. The van der Waals surface area contributed by atoms with Crippen LogP contribution in [0.4, 0.5) is 0 Å². The highest BCUT2D eigenvalue weighted by Crippen LogP contribution is 2.33. The predicted octanol–water partition coefficient (Wildman–Crippen LogP) is 4.45. The van der Waals surface area contributed by atoms with E-state index in [-0.39, 0.29) is 0 Å². The molecule has 0 spiro atoms. The van der Waals surface area contributed by atoms with Crippen molar-refractivity contribution in [2.24, 2.45) is 11.8 Å². The number of hydrogen-bond donors (Lipinski definition) is 1. The molecule has 1 aliphatic carbocycles. The van der Waals surface area contributed by atoms with Crippen molar-refractivity contribution in [1.29, 1.82) is 0 Å². The molecule has 2 rings (SSSR count). The lowest BCUT2D eigenvalue weighted by Crippen LogP contribution is -2.47. The topological polar surface area (TPSA) is 15.3 Å². The lowest BCUT2D eigenvalue weighted by atomic mass is 9.76. The summed E-state index contributed by atoms with van der Waals surface area (Å²) in [4.78, 5) is 2.82. The molecule has 1 saturated carbocycles. The molecule has 0 amide bonds. The van der Waals surface area contributed by atoms with Crippen molar-refractivity contribution in [2.75, 3.05) is 19.6 Å². The number of rotatable bonds is 6. The zero-order valence-corrected chi connectivity index (χ0v) is 14.7. The van der Waals surface area contributed by atoms with Crippen LogP contribution in [0, 0.1) is 11.8 Å². The molecule has 0 bridgehead atoms. The third-order valence-electron chi connectivity index (χ3n) is 5.91. The highest BCUT2D eigenvalue weighted by atomic mass is 15.2. The number of hydrogen-bond acceptors (Lipinski definition) is 2. The molecule has 2 aliphatic rings. The largest absolute Gasteiger partial charge is 0.314 e. The standard InChI is InChI=1S/C19H38N2/c1-4-9-17-11-12-19(20-5-2)18(14-17)15-21-13-8-6-7-10-16(21)3/h16-20H,4-15H2,1-3H3. The molecular weight excluding hydrogens is 256 g/mol. The van der Waals surface area contributed by atoms with E-state index in [1.165, 1.54) is 70.9 Å². The van der Waals surface area contributed by atoms with Gasteiger partial charge >= 0.3 is 0 Å². The van der Waals surface area contributed by atoms with Gasteiger partial charge in [0, 0.05) is 18.6 Å². The Bertz CT molecular complexity index is 279. The summed E-state index contributed by atoms with van der Waals surface area (Å²) >= 11 is 0. The molecular formula is C19H38N2. The first-order valence-electron chi connectivity index (χ1n) is 9.72. The molecule has 21 heavy (non-hydrogen) atoms. The quantitative estimate of drug-likeness (QED) is 0.779. The minimum atomic E-state index is 0.776. The van der Waals surface area contributed by atoms with Gasteiger partial charge in [-0.25, -0.2) is 0 Å². The van der Waals surface area contributed by atoms with E-state index in [4.69, 9.17) is 0 Å². The molecule has 0 aromatic rings. The SMILES string of the molecule is CCCC1CCC(NCC)C(CN2CCCCCC2C)C1. The Morgan fingerprint density at radius 3 is 2.67 bits per heavy atom. The average molecular weight is 295 g/mol. The van der Waals surface area contributed by atoms with Gasteiger partial charge in [0.15, 0.2) is 0 Å². The van der Waals surface area contributed by atoms with Crippen molar-refractivity contribution in [2.45, 2.75) is 90.6 Å². The fourth-order valence-corrected chi connectivity index (χ4v) is 4.67. The van der Waals surface area contributed by atoms with Crippen LogP contribution < -0.4 is 5.32 Å². The Balaban J connectivity index is 1.93. The molecule has 2 fully saturated rings. The van der Waals surface area contributed by atoms with Crippen LogP contribution in [0.25, 0.3) is 0 Å². The van der Waals surface area contributed by atoms with E-state index in [2.05, 4.69) is 31.0 Å². The lowest BCUT2D eigenvalue weighted by molar-refractivity contribution is 0.114. The predicted molar refractivity (Wildman–Crippen MR) is 92.7 cm³/mol. The molecule has 1 heterocycles. The molecule has 4 atom stereocenters. The molecule has 1 N–H and O–H groups in total. The summed E-state index contributed by atoms with van der Waals surface area (Å²) in [5.41, 5.74) is 0. The summed E-state index contributed by atoms with van der Waals surface area (Å²) in [5, 5.41) is 3.79. The highest BCUT2D eigenvalue weighted by molar-refractivity contribution is 4.87. The first-order valence-corrected chi connectivity index (χ1v) is 9.72. The van der Waals surface area contributed by atoms with Gasteiger partial charge in [-0.3, -0.25) is 0 Å². The zero-order chi connectivity index (χ0) is 15.1. The first-order chi connectivity index (χ1) is 10.2. The molecule has 124 valence electrons. The van der Waals surface area contributed by atoms with Crippen LogP contribution in [0.5, 0.6) is 0 Å². The second-order valence-electron chi connectivity index (χ2n) is 7.59. The first kappa shape index (κ1) is 17.3. The van der Waals surface area contributed by atoms with Crippen LogP contribution in [-0.4, -0.2) is 36.6 Å². The van der Waals surface area contributed by atoms with Gasteiger partial charge in [-0.1, -0.05) is 39.5 Å². The average Bonchev–Trinajstić information content (AvgIpc) is 2.67. The van der Waals surface area contributed by atoms with Crippen LogP contribution in [0.15, 0.2) is 0 Å². The van der Waals surface area contributed by atoms with Crippen molar-refractivity contribution in [3.63, 3.8) is 0 Å². The fourth-order valence-electron chi connectivity index (χ4n) is 4.67. The van der Waals surface area contributed by atoms with Crippen LogP contribution in [0.2, 0.25) is 0 Å². The molecule has 4 unspecified atom stereocenters. The van der Waals surface area contributed by atoms with Gasteiger partial charge in [0.1, 0.15) is 0 Å². The monoisotopic (exact) mass is 294 g/mol. The van der Waals surface area contributed by atoms with E-state index in [0.717, 1.165) is 30.5 Å². The zero-order valence-electron chi connectivity index (χ0n) is 14.7. The summed E-state index contributed by atoms with van der Waals surface area (Å²) in [6.07, 6.45) is 12.9. The molecule has 1 saturated heterocycles. The summed E-state index contributed by atoms with van der Waals surface area (Å²) in [6.45, 7) is 10.9. The van der Waals surface area contributed by atoms with Gasteiger partial charge < -0.3 is 10.2 Å². The third-order valence-corrected chi connectivity index (χ3v) is 5.91. The Kier molecular flexibility index (Phi) is 7.53. The maximum atomic E-state index is 3.79. The summed E-state index contributed by atoms with van der Waals surface area (Å²) in [7, 11) is 0. The smallest absolute Gasteiger partial charge is 0.0108 e. The fraction of sp³-hybridized carbons (Fsp3) is 1.00. The van der Waals surface area contributed by atoms with E-state index >= 15 is 0 Å². The van der Waals surface area contributed by atoms with Gasteiger partial charge in [0.25, 0.3) is 0 Å². The molecule has 0 aromatic carbocycles. The summed E-state index contributed by atoms with van der Waals surface area (Å²) in [6, 6.07) is 1.58. The van der Waals surface area contributed by atoms with Crippen LogP contribution in [0.1, 0.15) is 78.6 Å². The van der Waals surface area contributed by atoms with Gasteiger partial charge in [-0.05, 0) is 64.0 Å².